The van der Waals surface area contributed by atoms with E-state index in [1.807, 2.05) is 24.3 Å². The minimum atomic E-state index is -0.551. The highest BCUT2D eigenvalue weighted by molar-refractivity contribution is 9.10. The molecule has 3 aromatic rings. The molecule has 9 heteroatoms. The van der Waals surface area contributed by atoms with Crippen LogP contribution in [0, 0.1) is 15.9 Å². The third-order valence-corrected chi connectivity index (χ3v) is 4.81. The van der Waals surface area contributed by atoms with Crippen LogP contribution in [0.1, 0.15) is 5.56 Å². The number of nitro groups is 1. The summed E-state index contributed by atoms with van der Waals surface area (Å²) in [6, 6.07) is 12.1. The van der Waals surface area contributed by atoms with Gasteiger partial charge in [-0.1, -0.05) is 34.1 Å². The Balaban J connectivity index is 1.79. The van der Waals surface area contributed by atoms with Crippen molar-refractivity contribution in [1.29, 1.82) is 0 Å². The summed E-state index contributed by atoms with van der Waals surface area (Å²) < 4.78 is 14.7. The zero-order valence-electron chi connectivity index (χ0n) is 13.9. The molecule has 0 amide bonds. The van der Waals surface area contributed by atoms with Crippen molar-refractivity contribution in [3.05, 3.63) is 74.8 Å². The van der Waals surface area contributed by atoms with E-state index in [0.717, 1.165) is 17.7 Å². The smallest absolute Gasteiger partial charge is 0.332 e. The molecule has 2 aromatic carbocycles. The SMILES string of the molecule is O=[N+]([O-])c1c(Nc2ccc(Br)cc2F)ncnc1N1CCc2ccccc21. The topological polar surface area (TPSA) is 84.2 Å². The van der Waals surface area contributed by atoms with Gasteiger partial charge in [0, 0.05) is 16.7 Å². The molecule has 1 aliphatic heterocycles. The van der Waals surface area contributed by atoms with Gasteiger partial charge >= 0.3 is 5.69 Å². The van der Waals surface area contributed by atoms with Crippen molar-refractivity contribution in [3.63, 3.8) is 0 Å². The van der Waals surface area contributed by atoms with Crippen LogP contribution < -0.4 is 10.2 Å². The predicted molar refractivity (Wildman–Crippen MR) is 103 cm³/mol. The number of halogens is 2. The maximum absolute atomic E-state index is 14.2. The normalized spacial score (nSPS) is 12.7. The lowest BCUT2D eigenvalue weighted by Crippen LogP contribution is -2.17. The quantitative estimate of drug-likeness (QED) is 0.476. The number of rotatable bonds is 4. The van der Waals surface area contributed by atoms with Crippen molar-refractivity contribution >= 4 is 44.6 Å². The predicted octanol–water partition coefficient (Wildman–Crippen LogP) is 4.72. The molecule has 1 N–H and O–H groups in total. The van der Waals surface area contributed by atoms with Gasteiger partial charge in [0.25, 0.3) is 0 Å². The minimum absolute atomic E-state index is 0.0596. The summed E-state index contributed by atoms with van der Waals surface area (Å²) in [6.45, 7) is 0.573. The Morgan fingerprint density at radius 1 is 1.22 bits per heavy atom. The van der Waals surface area contributed by atoms with E-state index < -0.39 is 10.7 Å². The van der Waals surface area contributed by atoms with E-state index in [-0.39, 0.29) is 23.0 Å². The highest BCUT2D eigenvalue weighted by Gasteiger charge is 2.31. The molecule has 0 radical (unpaired) electrons. The molecule has 0 aliphatic carbocycles. The summed E-state index contributed by atoms with van der Waals surface area (Å²) in [5.41, 5.74) is 1.77. The van der Waals surface area contributed by atoms with E-state index in [4.69, 9.17) is 0 Å². The highest BCUT2D eigenvalue weighted by atomic mass is 79.9. The monoisotopic (exact) mass is 429 g/mol. The fraction of sp³-hybridized carbons (Fsp3) is 0.111. The average molecular weight is 430 g/mol. The Morgan fingerprint density at radius 2 is 2.04 bits per heavy atom. The largest absolute Gasteiger partial charge is 0.354 e. The fourth-order valence-corrected chi connectivity index (χ4v) is 3.44. The van der Waals surface area contributed by atoms with E-state index in [2.05, 4.69) is 31.2 Å². The molecule has 7 nitrogen and oxygen atoms in total. The van der Waals surface area contributed by atoms with Crippen molar-refractivity contribution in [2.24, 2.45) is 0 Å². The number of nitrogens with zero attached hydrogens (tertiary/aromatic N) is 4. The molecule has 0 atom stereocenters. The maximum atomic E-state index is 14.2. The molecule has 0 fully saturated rings. The maximum Gasteiger partial charge on any atom is 0.354 e. The van der Waals surface area contributed by atoms with Crippen LogP contribution in [0.2, 0.25) is 0 Å². The number of para-hydroxylation sites is 1. The summed E-state index contributed by atoms with van der Waals surface area (Å²) in [7, 11) is 0. The summed E-state index contributed by atoms with van der Waals surface area (Å²) >= 11 is 3.18. The molecule has 0 bridgehead atoms. The Bertz CT molecular complexity index is 1050. The first kappa shape index (κ1) is 17.3. The molecule has 0 spiro atoms. The van der Waals surface area contributed by atoms with Gasteiger partial charge < -0.3 is 10.2 Å². The number of nitrogens with one attached hydrogen (secondary N) is 1. The van der Waals surface area contributed by atoms with Crippen LogP contribution in [-0.2, 0) is 6.42 Å². The second-order valence-electron chi connectivity index (χ2n) is 5.93. The zero-order valence-corrected chi connectivity index (χ0v) is 15.5. The van der Waals surface area contributed by atoms with Gasteiger partial charge in [0.2, 0.25) is 11.6 Å². The molecule has 27 heavy (non-hydrogen) atoms. The van der Waals surface area contributed by atoms with Gasteiger partial charge in [0.05, 0.1) is 10.6 Å². The first-order valence-corrected chi connectivity index (χ1v) is 8.91. The van der Waals surface area contributed by atoms with Crippen LogP contribution in [0.15, 0.2) is 53.3 Å². The van der Waals surface area contributed by atoms with Gasteiger partial charge in [0.15, 0.2) is 0 Å². The van der Waals surface area contributed by atoms with Crippen molar-refractivity contribution in [2.75, 3.05) is 16.8 Å². The number of hydrogen-bond donors (Lipinski definition) is 1. The molecule has 4 rings (SSSR count). The molecule has 1 aliphatic rings. The van der Waals surface area contributed by atoms with Crippen molar-refractivity contribution in [1.82, 2.24) is 9.97 Å². The Morgan fingerprint density at radius 3 is 2.81 bits per heavy atom. The van der Waals surface area contributed by atoms with Crippen LogP contribution >= 0.6 is 15.9 Å². The van der Waals surface area contributed by atoms with E-state index in [9.17, 15) is 14.5 Å². The molecule has 1 aromatic heterocycles. The molecule has 0 saturated heterocycles. The molecule has 0 saturated carbocycles. The Labute approximate surface area is 162 Å². The first-order valence-electron chi connectivity index (χ1n) is 8.11. The highest BCUT2D eigenvalue weighted by Crippen LogP contribution is 2.41. The average Bonchev–Trinajstić information content (AvgIpc) is 3.07. The summed E-state index contributed by atoms with van der Waals surface area (Å²) in [5.74, 6) is -0.430. The van der Waals surface area contributed by atoms with Gasteiger partial charge in [0.1, 0.15) is 12.1 Å². The zero-order chi connectivity index (χ0) is 19.0. The summed E-state index contributed by atoms with van der Waals surface area (Å²) in [6.07, 6.45) is 2.00. The van der Waals surface area contributed by atoms with Crippen molar-refractivity contribution in [3.8, 4) is 0 Å². The van der Waals surface area contributed by atoms with Gasteiger partial charge in [-0.25, -0.2) is 14.4 Å². The molecular weight excluding hydrogens is 417 g/mol. The van der Waals surface area contributed by atoms with Crippen molar-refractivity contribution in [2.45, 2.75) is 6.42 Å². The number of benzene rings is 2. The van der Waals surface area contributed by atoms with Crippen LogP contribution in [-0.4, -0.2) is 21.4 Å². The van der Waals surface area contributed by atoms with Crippen LogP contribution in [0.3, 0.4) is 0 Å². The number of anilines is 4. The Hall–Kier alpha value is -3.07. The number of fused-ring (bicyclic) bond motifs is 1. The summed E-state index contributed by atoms with van der Waals surface area (Å²) in [4.78, 5) is 21.2. The van der Waals surface area contributed by atoms with E-state index in [1.54, 1.807) is 11.0 Å². The molecule has 0 unspecified atom stereocenters. The molecular formula is C18H13BrFN5O2. The van der Waals surface area contributed by atoms with Crippen LogP contribution in [0.5, 0.6) is 0 Å². The fourth-order valence-electron chi connectivity index (χ4n) is 3.10. The van der Waals surface area contributed by atoms with Crippen LogP contribution in [0.4, 0.5) is 33.1 Å². The number of hydrogen-bond acceptors (Lipinski definition) is 6. The van der Waals surface area contributed by atoms with Crippen LogP contribution in [0.25, 0.3) is 0 Å². The van der Waals surface area contributed by atoms with E-state index in [1.165, 1.54) is 18.5 Å². The van der Waals surface area contributed by atoms with Crippen molar-refractivity contribution < 1.29 is 9.31 Å². The van der Waals surface area contributed by atoms with Gasteiger partial charge in [-0.2, -0.15) is 0 Å². The standard InChI is InChI=1S/C18H13BrFN5O2/c19-12-5-6-14(13(20)9-12)23-17-16(25(26)27)18(22-10-21-17)24-8-7-11-3-1-2-4-15(11)24/h1-6,9-10H,7-8H2,(H,21,22,23). The second-order valence-corrected chi connectivity index (χ2v) is 6.85. The lowest BCUT2D eigenvalue weighted by atomic mass is 10.2. The molecule has 2 heterocycles. The third-order valence-electron chi connectivity index (χ3n) is 4.31. The van der Waals surface area contributed by atoms with Gasteiger partial charge in [-0.15, -0.1) is 0 Å². The third kappa shape index (κ3) is 3.21. The van der Waals surface area contributed by atoms with E-state index >= 15 is 0 Å². The number of aromatic nitrogens is 2. The molecule has 136 valence electrons. The Kier molecular flexibility index (Phi) is 4.44. The second kappa shape index (κ2) is 6.92. The lowest BCUT2D eigenvalue weighted by molar-refractivity contribution is -0.383. The lowest BCUT2D eigenvalue weighted by Gasteiger charge is -2.19. The van der Waals surface area contributed by atoms with Gasteiger partial charge in [-0.05, 0) is 36.2 Å². The van der Waals surface area contributed by atoms with E-state index in [0.29, 0.717) is 11.0 Å². The minimum Gasteiger partial charge on any atom is -0.332 e. The van der Waals surface area contributed by atoms with Gasteiger partial charge in [-0.3, -0.25) is 10.1 Å². The first-order chi connectivity index (χ1) is 13.0. The summed E-state index contributed by atoms with van der Waals surface area (Å²) in [5, 5.41) is 14.5.